The predicted octanol–water partition coefficient (Wildman–Crippen LogP) is 4.60. The van der Waals surface area contributed by atoms with Gasteiger partial charge in [0.25, 0.3) is 0 Å². The van der Waals surface area contributed by atoms with Crippen LogP contribution in [0, 0.1) is 0 Å². The van der Waals surface area contributed by atoms with Gasteiger partial charge in [-0.25, -0.2) is 9.78 Å². The summed E-state index contributed by atoms with van der Waals surface area (Å²) in [7, 11) is 4.62. The molecule has 0 atom stereocenters. The maximum absolute atomic E-state index is 12.4. The molecule has 0 amide bonds. The van der Waals surface area contributed by atoms with E-state index in [9.17, 15) is 4.79 Å². The Morgan fingerprint density at radius 2 is 1.70 bits per heavy atom. The molecule has 6 heteroatoms. The molecule has 30 heavy (non-hydrogen) atoms. The lowest BCUT2D eigenvalue weighted by molar-refractivity contribution is 0.0593. The van der Waals surface area contributed by atoms with Crippen LogP contribution in [-0.2, 0) is 17.7 Å². The second-order valence-corrected chi connectivity index (χ2v) is 6.99. The number of carbonyl (C=O) groups excluding carboxylic acids is 1. The molecule has 0 saturated carbocycles. The molecule has 0 radical (unpaired) electrons. The molecule has 2 aromatic carbocycles. The number of pyridine rings is 1. The highest BCUT2D eigenvalue weighted by atomic mass is 16.5. The van der Waals surface area contributed by atoms with Gasteiger partial charge in [0.1, 0.15) is 0 Å². The number of fused-ring (bicyclic) bond motifs is 3. The molecule has 0 aliphatic heterocycles. The molecule has 0 aliphatic rings. The molecule has 0 aliphatic carbocycles. The number of benzene rings is 2. The van der Waals surface area contributed by atoms with Crippen molar-refractivity contribution < 1.29 is 19.0 Å². The van der Waals surface area contributed by atoms with Crippen LogP contribution in [0.3, 0.4) is 0 Å². The number of ether oxygens (including phenoxy) is 3. The minimum atomic E-state index is -0.432. The van der Waals surface area contributed by atoms with E-state index in [0.717, 1.165) is 27.4 Å². The summed E-state index contributed by atoms with van der Waals surface area (Å²) in [5.41, 5.74) is 4.32. The highest BCUT2D eigenvalue weighted by Gasteiger charge is 2.22. The van der Waals surface area contributed by atoms with E-state index in [1.807, 2.05) is 37.3 Å². The fraction of sp³-hybridized carbons (Fsp3) is 0.250. The maximum atomic E-state index is 12.4. The quantitative estimate of drug-likeness (QED) is 0.440. The molecule has 6 nitrogen and oxygen atoms in total. The lowest BCUT2D eigenvalue weighted by atomic mass is 10.0. The van der Waals surface area contributed by atoms with E-state index in [1.165, 1.54) is 12.7 Å². The van der Waals surface area contributed by atoms with Crippen LogP contribution < -0.4 is 9.47 Å². The zero-order valence-corrected chi connectivity index (χ0v) is 17.6. The molecule has 2 heterocycles. The second-order valence-electron chi connectivity index (χ2n) is 6.99. The third kappa shape index (κ3) is 3.14. The van der Waals surface area contributed by atoms with Crippen LogP contribution >= 0.6 is 0 Å². The van der Waals surface area contributed by atoms with E-state index in [4.69, 9.17) is 14.2 Å². The Kier molecular flexibility index (Phi) is 5.31. The van der Waals surface area contributed by atoms with Crippen molar-refractivity contribution in [2.24, 2.45) is 0 Å². The lowest BCUT2D eigenvalue weighted by Gasteiger charge is -2.11. The summed E-state index contributed by atoms with van der Waals surface area (Å²) in [6, 6.07) is 14.2. The first-order chi connectivity index (χ1) is 14.6. The van der Waals surface area contributed by atoms with Crippen molar-refractivity contribution in [3.8, 4) is 11.5 Å². The van der Waals surface area contributed by atoms with Crippen LogP contribution in [0.1, 0.15) is 28.5 Å². The second kappa shape index (κ2) is 8.06. The lowest BCUT2D eigenvalue weighted by Crippen LogP contribution is -2.09. The van der Waals surface area contributed by atoms with Gasteiger partial charge in [-0.2, -0.15) is 0 Å². The monoisotopic (exact) mass is 404 g/mol. The van der Waals surface area contributed by atoms with Crippen molar-refractivity contribution in [2.45, 2.75) is 19.9 Å². The first-order valence-electron chi connectivity index (χ1n) is 9.80. The summed E-state index contributed by atoms with van der Waals surface area (Å²) in [6.45, 7) is 2.68. The number of hydrogen-bond acceptors (Lipinski definition) is 5. The molecule has 0 bridgehead atoms. The standard InChI is InChI=1S/C24H24N2O4/c1-5-16-22-17-11-20(28-2)21(29-3)12-18(17)26(14-15-9-7-6-8-10-15)19(22)13-25-23(16)24(27)30-4/h6-13H,5,14H2,1-4H3. The Morgan fingerprint density at radius 3 is 2.33 bits per heavy atom. The Balaban J connectivity index is 2.11. The highest BCUT2D eigenvalue weighted by Crippen LogP contribution is 2.40. The van der Waals surface area contributed by atoms with Crippen molar-refractivity contribution in [3.05, 3.63) is 65.5 Å². The SMILES string of the molecule is CCc1c(C(=O)OC)ncc2c1c1cc(OC)c(OC)cc1n2Cc1ccccc1. The number of methoxy groups -OCH3 is 3. The largest absolute Gasteiger partial charge is 0.493 e. The van der Waals surface area contributed by atoms with Crippen molar-refractivity contribution in [1.29, 1.82) is 0 Å². The molecular weight excluding hydrogens is 380 g/mol. The van der Waals surface area contributed by atoms with E-state index >= 15 is 0 Å². The van der Waals surface area contributed by atoms with Crippen molar-refractivity contribution >= 4 is 27.8 Å². The van der Waals surface area contributed by atoms with E-state index in [1.54, 1.807) is 20.4 Å². The van der Waals surface area contributed by atoms with Crippen LogP contribution in [0.4, 0.5) is 0 Å². The maximum Gasteiger partial charge on any atom is 0.356 e. The van der Waals surface area contributed by atoms with Crippen LogP contribution in [0.25, 0.3) is 21.8 Å². The van der Waals surface area contributed by atoms with Crippen LogP contribution in [0.15, 0.2) is 48.7 Å². The summed E-state index contributed by atoms with van der Waals surface area (Å²) >= 11 is 0. The van der Waals surface area contributed by atoms with Gasteiger partial charge in [0.05, 0.1) is 38.6 Å². The zero-order valence-electron chi connectivity index (χ0n) is 17.6. The van der Waals surface area contributed by atoms with E-state index in [-0.39, 0.29) is 0 Å². The molecule has 4 rings (SSSR count). The van der Waals surface area contributed by atoms with Gasteiger partial charge in [0.2, 0.25) is 0 Å². The highest BCUT2D eigenvalue weighted by molar-refractivity contribution is 6.12. The number of nitrogens with zero attached hydrogens (tertiary/aromatic N) is 2. The number of aromatic nitrogens is 2. The van der Waals surface area contributed by atoms with Gasteiger partial charge in [-0.15, -0.1) is 0 Å². The summed E-state index contributed by atoms with van der Waals surface area (Å²) in [5.74, 6) is 0.863. The van der Waals surface area contributed by atoms with E-state index in [2.05, 4.69) is 21.7 Å². The van der Waals surface area contributed by atoms with Gasteiger partial charge < -0.3 is 18.8 Å². The minimum absolute atomic E-state index is 0.348. The summed E-state index contributed by atoms with van der Waals surface area (Å²) in [4.78, 5) is 16.8. The fourth-order valence-corrected chi connectivity index (χ4v) is 4.02. The number of esters is 1. The molecule has 0 spiro atoms. The van der Waals surface area contributed by atoms with Crippen molar-refractivity contribution in [3.63, 3.8) is 0 Å². The molecule has 0 N–H and O–H groups in total. The van der Waals surface area contributed by atoms with Gasteiger partial charge in [0.15, 0.2) is 17.2 Å². The zero-order chi connectivity index (χ0) is 21.3. The molecular formula is C24H24N2O4. The van der Waals surface area contributed by atoms with E-state index < -0.39 is 5.97 Å². The molecule has 0 fully saturated rings. The topological polar surface area (TPSA) is 62.6 Å². The summed E-state index contributed by atoms with van der Waals surface area (Å²) in [5, 5.41) is 1.97. The average molecular weight is 404 g/mol. The Labute approximate surface area is 175 Å². The van der Waals surface area contributed by atoms with Gasteiger partial charge >= 0.3 is 5.97 Å². The number of aryl methyl sites for hydroxylation is 1. The summed E-state index contributed by atoms with van der Waals surface area (Å²) < 4.78 is 18.3. The van der Waals surface area contributed by atoms with Gasteiger partial charge in [-0.1, -0.05) is 37.3 Å². The minimum Gasteiger partial charge on any atom is -0.493 e. The van der Waals surface area contributed by atoms with Crippen molar-refractivity contribution in [1.82, 2.24) is 9.55 Å². The fourth-order valence-electron chi connectivity index (χ4n) is 4.02. The number of carbonyl (C=O) groups is 1. The molecule has 154 valence electrons. The molecule has 0 unspecified atom stereocenters. The summed E-state index contributed by atoms with van der Waals surface area (Å²) in [6.07, 6.45) is 2.40. The van der Waals surface area contributed by atoms with Gasteiger partial charge in [0, 0.05) is 23.4 Å². The van der Waals surface area contributed by atoms with Gasteiger partial charge in [-0.05, 0) is 23.6 Å². The third-order valence-corrected chi connectivity index (χ3v) is 5.43. The van der Waals surface area contributed by atoms with Crippen LogP contribution in [0.2, 0.25) is 0 Å². The Bertz CT molecular complexity index is 1230. The van der Waals surface area contributed by atoms with E-state index in [0.29, 0.717) is 30.2 Å². The Morgan fingerprint density at radius 1 is 1.00 bits per heavy atom. The third-order valence-electron chi connectivity index (χ3n) is 5.43. The first kappa shape index (κ1) is 19.8. The predicted molar refractivity (Wildman–Crippen MR) is 117 cm³/mol. The smallest absolute Gasteiger partial charge is 0.356 e. The number of rotatable bonds is 6. The van der Waals surface area contributed by atoms with Crippen LogP contribution in [-0.4, -0.2) is 36.8 Å². The number of hydrogen-bond donors (Lipinski definition) is 0. The Hall–Kier alpha value is -3.54. The van der Waals surface area contributed by atoms with Crippen molar-refractivity contribution in [2.75, 3.05) is 21.3 Å². The molecule has 4 aromatic rings. The van der Waals surface area contributed by atoms with Crippen LogP contribution in [0.5, 0.6) is 11.5 Å². The van der Waals surface area contributed by atoms with Gasteiger partial charge in [-0.3, -0.25) is 0 Å². The normalized spacial score (nSPS) is 11.1. The molecule has 0 saturated heterocycles. The first-order valence-corrected chi connectivity index (χ1v) is 9.80. The average Bonchev–Trinajstić information content (AvgIpc) is 3.10. The molecule has 2 aromatic heterocycles.